The summed E-state index contributed by atoms with van der Waals surface area (Å²) in [6, 6.07) is 9.52. The van der Waals surface area contributed by atoms with Gasteiger partial charge in [-0.2, -0.15) is 0 Å². The third-order valence-electron chi connectivity index (χ3n) is 2.84. The fourth-order valence-corrected chi connectivity index (χ4v) is 2.39. The van der Waals surface area contributed by atoms with Crippen molar-refractivity contribution in [3.05, 3.63) is 57.3 Å². The molecule has 110 valence electrons. The summed E-state index contributed by atoms with van der Waals surface area (Å²) >= 11 is 9.13. The molecule has 0 aliphatic heterocycles. The van der Waals surface area contributed by atoms with Gasteiger partial charge in [0.2, 0.25) is 5.91 Å². The van der Waals surface area contributed by atoms with Crippen molar-refractivity contribution < 1.29 is 9.18 Å². The Morgan fingerprint density at radius 1 is 1.24 bits per heavy atom. The van der Waals surface area contributed by atoms with Crippen LogP contribution in [0.5, 0.6) is 0 Å². The van der Waals surface area contributed by atoms with Gasteiger partial charge < -0.3 is 10.6 Å². The Labute approximate surface area is 135 Å². The van der Waals surface area contributed by atoms with Crippen LogP contribution in [-0.2, 0) is 4.79 Å². The number of benzene rings is 2. The van der Waals surface area contributed by atoms with Gasteiger partial charge in [0, 0.05) is 20.9 Å². The second kappa shape index (κ2) is 6.91. The molecule has 0 heterocycles. The van der Waals surface area contributed by atoms with Crippen molar-refractivity contribution in [2.45, 2.75) is 6.92 Å². The Bertz CT molecular complexity index is 679. The summed E-state index contributed by atoms with van der Waals surface area (Å²) in [7, 11) is 0. The Morgan fingerprint density at radius 3 is 2.71 bits per heavy atom. The largest absolute Gasteiger partial charge is 0.375 e. The van der Waals surface area contributed by atoms with Crippen LogP contribution >= 0.6 is 27.5 Å². The number of halogens is 3. The van der Waals surface area contributed by atoms with Gasteiger partial charge in [-0.05, 0) is 58.7 Å². The number of amides is 1. The van der Waals surface area contributed by atoms with E-state index in [-0.39, 0.29) is 18.3 Å². The third-order valence-corrected chi connectivity index (χ3v) is 3.74. The number of anilines is 2. The van der Waals surface area contributed by atoms with Crippen LogP contribution in [0.25, 0.3) is 0 Å². The van der Waals surface area contributed by atoms with Gasteiger partial charge >= 0.3 is 0 Å². The summed E-state index contributed by atoms with van der Waals surface area (Å²) in [6.45, 7) is 1.95. The third kappa shape index (κ3) is 4.44. The summed E-state index contributed by atoms with van der Waals surface area (Å²) in [5.41, 5.74) is 2.25. The van der Waals surface area contributed by atoms with Crippen molar-refractivity contribution in [1.82, 2.24) is 0 Å². The van der Waals surface area contributed by atoms with Crippen molar-refractivity contribution in [3.63, 3.8) is 0 Å². The highest BCUT2D eigenvalue weighted by molar-refractivity contribution is 9.10. The minimum absolute atomic E-state index is 0.0657. The van der Waals surface area contributed by atoms with E-state index in [0.717, 1.165) is 5.56 Å². The normalized spacial score (nSPS) is 10.3. The smallest absolute Gasteiger partial charge is 0.243 e. The van der Waals surface area contributed by atoms with Gasteiger partial charge in [-0.3, -0.25) is 4.79 Å². The quantitative estimate of drug-likeness (QED) is 0.824. The lowest BCUT2D eigenvalue weighted by molar-refractivity contribution is -0.114. The molecule has 0 atom stereocenters. The summed E-state index contributed by atoms with van der Waals surface area (Å²) < 4.78 is 13.5. The monoisotopic (exact) mass is 370 g/mol. The zero-order valence-electron chi connectivity index (χ0n) is 11.2. The summed E-state index contributed by atoms with van der Waals surface area (Å²) in [4.78, 5) is 11.9. The minimum Gasteiger partial charge on any atom is -0.375 e. The van der Waals surface area contributed by atoms with Crippen molar-refractivity contribution in [2.24, 2.45) is 0 Å². The fraction of sp³-hybridized carbons (Fsp3) is 0.133. The van der Waals surface area contributed by atoms with Crippen LogP contribution in [0.15, 0.2) is 40.9 Å². The van der Waals surface area contributed by atoms with Crippen LogP contribution < -0.4 is 10.6 Å². The number of carbonyl (C=O) groups is 1. The first-order valence-corrected chi connectivity index (χ1v) is 7.38. The molecule has 0 spiro atoms. The Hall–Kier alpha value is -1.59. The summed E-state index contributed by atoms with van der Waals surface area (Å²) in [5, 5.41) is 6.27. The number of aryl methyl sites for hydroxylation is 1. The predicted octanol–water partition coefficient (Wildman–Crippen LogP) is 4.60. The maximum Gasteiger partial charge on any atom is 0.243 e. The van der Waals surface area contributed by atoms with Crippen molar-refractivity contribution in [3.8, 4) is 0 Å². The molecule has 3 nitrogen and oxygen atoms in total. The summed E-state index contributed by atoms with van der Waals surface area (Å²) in [6.07, 6.45) is 0. The van der Waals surface area contributed by atoms with Gasteiger partial charge in [0.15, 0.2) is 0 Å². The van der Waals surface area contributed by atoms with Crippen LogP contribution in [-0.4, -0.2) is 12.5 Å². The van der Waals surface area contributed by atoms with Crippen LogP contribution in [0.4, 0.5) is 15.8 Å². The summed E-state index contributed by atoms with van der Waals surface area (Å²) in [5.74, 6) is -0.553. The lowest BCUT2D eigenvalue weighted by Gasteiger charge is -2.11. The maximum absolute atomic E-state index is 13.0. The molecule has 2 N–H and O–H groups in total. The highest BCUT2D eigenvalue weighted by atomic mass is 79.9. The van der Waals surface area contributed by atoms with E-state index >= 15 is 0 Å². The fourth-order valence-electron chi connectivity index (χ4n) is 1.73. The molecule has 2 aromatic rings. The minimum atomic E-state index is -0.341. The molecule has 0 bridgehead atoms. The molecule has 0 fully saturated rings. The highest BCUT2D eigenvalue weighted by Gasteiger charge is 2.07. The molecule has 0 aliphatic rings. The van der Waals surface area contributed by atoms with E-state index in [1.54, 1.807) is 18.2 Å². The molecule has 0 aliphatic carbocycles. The second-order valence-corrected chi connectivity index (χ2v) is 5.78. The van der Waals surface area contributed by atoms with Crippen LogP contribution in [0.2, 0.25) is 5.02 Å². The molecule has 0 aromatic heterocycles. The van der Waals surface area contributed by atoms with Crippen molar-refractivity contribution in [1.29, 1.82) is 0 Å². The van der Waals surface area contributed by atoms with Gasteiger partial charge in [-0.1, -0.05) is 17.7 Å². The predicted molar refractivity (Wildman–Crippen MR) is 87.4 cm³/mol. The molecule has 0 unspecified atom stereocenters. The standard InChI is InChI=1S/C15H13BrClFN2O/c1-9-2-3-10(17)6-14(9)20-15(21)8-19-13-5-4-11(18)7-12(13)16/h2-7,19H,8H2,1H3,(H,20,21). The van der Waals surface area contributed by atoms with Gasteiger partial charge in [-0.15, -0.1) is 0 Å². The number of rotatable bonds is 4. The van der Waals surface area contributed by atoms with Gasteiger partial charge in [0.1, 0.15) is 5.82 Å². The van der Waals surface area contributed by atoms with E-state index in [1.807, 2.05) is 13.0 Å². The number of carbonyl (C=O) groups excluding carboxylic acids is 1. The molecule has 21 heavy (non-hydrogen) atoms. The Kier molecular flexibility index (Phi) is 5.20. The van der Waals surface area contributed by atoms with Gasteiger partial charge in [-0.25, -0.2) is 4.39 Å². The zero-order chi connectivity index (χ0) is 15.4. The van der Waals surface area contributed by atoms with Crippen LogP contribution in [0.3, 0.4) is 0 Å². The molecule has 0 saturated heterocycles. The topological polar surface area (TPSA) is 41.1 Å². The number of hydrogen-bond acceptors (Lipinski definition) is 2. The molecule has 1 amide bonds. The Morgan fingerprint density at radius 2 is 2.00 bits per heavy atom. The van der Waals surface area contributed by atoms with Crippen LogP contribution in [0.1, 0.15) is 5.56 Å². The average molecular weight is 372 g/mol. The molecule has 2 rings (SSSR count). The first kappa shape index (κ1) is 15.8. The van der Waals surface area contributed by atoms with Crippen LogP contribution in [0, 0.1) is 12.7 Å². The molecule has 0 saturated carbocycles. The van der Waals surface area contributed by atoms with Crippen molar-refractivity contribution >= 4 is 44.8 Å². The molecule has 0 radical (unpaired) electrons. The van der Waals surface area contributed by atoms with E-state index in [2.05, 4.69) is 26.6 Å². The average Bonchev–Trinajstić information content (AvgIpc) is 2.42. The first-order chi connectivity index (χ1) is 9.95. The van der Waals surface area contributed by atoms with E-state index in [4.69, 9.17) is 11.6 Å². The molecular weight excluding hydrogens is 359 g/mol. The molecular formula is C15H13BrClFN2O. The first-order valence-electron chi connectivity index (χ1n) is 6.20. The lowest BCUT2D eigenvalue weighted by atomic mass is 10.2. The van der Waals surface area contributed by atoms with Gasteiger partial charge in [0.05, 0.1) is 6.54 Å². The zero-order valence-corrected chi connectivity index (χ0v) is 13.6. The Balaban J connectivity index is 1.97. The lowest BCUT2D eigenvalue weighted by Crippen LogP contribution is -2.22. The maximum atomic E-state index is 13.0. The van der Waals surface area contributed by atoms with E-state index < -0.39 is 0 Å². The number of nitrogens with one attached hydrogen (secondary N) is 2. The highest BCUT2D eigenvalue weighted by Crippen LogP contribution is 2.23. The van der Waals surface area contributed by atoms with Gasteiger partial charge in [0.25, 0.3) is 0 Å². The van der Waals surface area contributed by atoms with E-state index in [1.165, 1.54) is 12.1 Å². The number of hydrogen-bond donors (Lipinski definition) is 2. The molecule has 2 aromatic carbocycles. The van der Waals surface area contributed by atoms with E-state index in [0.29, 0.717) is 20.9 Å². The molecule has 6 heteroatoms. The van der Waals surface area contributed by atoms with E-state index in [9.17, 15) is 9.18 Å². The second-order valence-electron chi connectivity index (χ2n) is 4.49. The SMILES string of the molecule is Cc1ccc(Cl)cc1NC(=O)CNc1ccc(F)cc1Br. The van der Waals surface area contributed by atoms with Crippen molar-refractivity contribution in [2.75, 3.05) is 17.2 Å².